The zero-order chi connectivity index (χ0) is 8.24. The molecule has 0 radical (unpaired) electrons. The molecule has 0 rings (SSSR count). The lowest BCUT2D eigenvalue weighted by atomic mass is 10.7. The maximum atomic E-state index is 7.60. The number of hydrogen-bond acceptors (Lipinski definition) is 3. The van der Waals surface area contributed by atoms with Gasteiger partial charge in [-0.05, 0) is 17.3 Å². The average molecular weight is 144 g/mol. The number of nitrogens with two attached hydrogens (primary N) is 2. The maximum absolute atomic E-state index is 7.60. The Kier molecular flexibility index (Phi) is 17.6. The lowest BCUT2D eigenvalue weighted by Gasteiger charge is -1.73. The van der Waals surface area contributed by atoms with Crippen molar-refractivity contribution in [1.29, 1.82) is 0 Å². The Bertz CT molecular complexity index is 137. The van der Waals surface area contributed by atoms with E-state index in [-0.39, 0.29) is 0 Å². The summed E-state index contributed by atoms with van der Waals surface area (Å²) in [6, 6.07) is 0. The summed E-state index contributed by atoms with van der Waals surface area (Å²) in [4.78, 5) is 4.61. The second kappa shape index (κ2) is 15.7. The van der Waals surface area contributed by atoms with E-state index in [4.69, 9.17) is 16.8 Å². The van der Waals surface area contributed by atoms with Crippen LogP contribution in [0.5, 0.6) is 0 Å². The molecule has 0 aromatic rings. The monoisotopic (exact) mass is 144 g/mol. The Morgan fingerprint density at radius 3 is 1.90 bits per heavy atom. The highest BCUT2D eigenvalue weighted by molar-refractivity contribution is 4.43. The summed E-state index contributed by atoms with van der Waals surface area (Å²) in [7, 11) is 0. The van der Waals surface area contributed by atoms with E-state index in [0.717, 1.165) is 0 Å². The van der Waals surface area contributed by atoms with E-state index < -0.39 is 0 Å². The smallest absolute Gasteiger partial charge is 0.0381 e. The molecular weight excluding hydrogens is 136 g/mol. The van der Waals surface area contributed by atoms with Crippen molar-refractivity contribution in [3.05, 3.63) is 20.9 Å². The molecule has 0 saturated carbocycles. The van der Waals surface area contributed by atoms with Crippen LogP contribution in [-0.2, 0) is 0 Å². The predicted octanol–water partition coefficient (Wildman–Crippen LogP) is 0.426. The van der Waals surface area contributed by atoms with Crippen LogP contribution in [0.2, 0.25) is 0 Å². The molecule has 0 aromatic heterocycles. The molecule has 8 nitrogen and oxygen atoms in total. The number of azide groups is 2. The summed E-state index contributed by atoms with van der Waals surface area (Å²) in [5.74, 6) is 4.24. The van der Waals surface area contributed by atoms with Crippen LogP contribution in [0.4, 0.5) is 0 Å². The van der Waals surface area contributed by atoms with Crippen LogP contribution in [0.3, 0.4) is 0 Å². The topological polar surface area (TPSA) is 150 Å². The molecule has 0 spiro atoms. The van der Waals surface area contributed by atoms with Gasteiger partial charge in [-0.25, -0.2) is 0 Å². The molecule has 0 aromatic carbocycles. The van der Waals surface area contributed by atoms with Gasteiger partial charge < -0.3 is 5.73 Å². The van der Waals surface area contributed by atoms with Crippen molar-refractivity contribution in [3.8, 4) is 0 Å². The summed E-state index contributed by atoms with van der Waals surface area (Å²) in [6.45, 7) is 0.834. The van der Waals surface area contributed by atoms with Gasteiger partial charge in [0.2, 0.25) is 0 Å². The van der Waals surface area contributed by atoms with Crippen molar-refractivity contribution >= 4 is 0 Å². The first-order valence-electron chi connectivity index (χ1n) is 2.28. The summed E-state index contributed by atoms with van der Waals surface area (Å²) in [5, 5.41) is 5.56. The first-order valence-corrected chi connectivity index (χ1v) is 2.28. The van der Waals surface area contributed by atoms with Crippen LogP contribution in [0, 0.1) is 0 Å². The van der Waals surface area contributed by atoms with Crippen molar-refractivity contribution in [2.45, 2.75) is 0 Å². The molecule has 56 valence electrons. The molecule has 4 N–H and O–H groups in total. The maximum Gasteiger partial charge on any atom is 0.0381 e. The van der Waals surface area contributed by atoms with Crippen molar-refractivity contribution in [2.75, 3.05) is 13.1 Å². The van der Waals surface area contributed by atoms with Crippen LogP contribution < -0.4 is 11.6 Å². The predicted molar refractivity (Wildman–Crippen MR) is 36.4 cm³/mol. The van der Waals surface area contributed by atoms with Crippen LogP contribution in [-0.4, -0.2) is 13.1 Å². The molecule has 0 aliphatic heterocycles. The Hall–Kier alpha value is -1.62. The van der Waals surface area contributed by atoms with E-state index in [2.05, 4.69) is 26.0 Å². The van der Waals surface area contributed by atoms with Crippen molar-refractivity contribution in [3.63, 3.8) is 0 Å². The van der Waals surface area contributed by atoms with Crippen LogP contribution in [0.15, 0.2) is 10.3 Å². The van der Waals surface area contributed by atoms with E-state index in [9.17, 15) is 0 Å². The average Bonchev–Trinajstić information content (AvgIpc) is 2.01. The minimum absolute atomic E-state index is 0.399. The Morgan fingerprint density at radius 2 is 1.80 bits per heavy atom. The molecule has 0 bridgehead atoms. The third-order valence-corrected chi connectivity index (χ3v) is 0.344. The molecular formula is C2H8N8. The summed E-state index contributed by atoms with van der Waals surface area (Å²) in [5.41, 5.74) is 19.8. The third-order valence-electron chi connectivity index (χ3n) is 0.344. The fraction of sp³-hybridized carbons (Fsp3) is 1.00. The molecule has 0 fully saturated rings. The lowest BCUT2D eigenvalue weighted by molar-refractivity contribution is 0.964. The van der Waals surface area contributed by atoms with Crippen LogP contribution in [0.25, 0.3) is 20.9 Å². The Morgan fingerprint density at radius 1 is 1.30 bits per heavy atom. The molecule has 0 aliphatic rings. The fourth-order valence-electron chi connectivity index (χ4n) is 0.102. The van der Waals surface area contributed by atoms with Crippen molar-refractivity contribution < 1.29 is 0 Å². The van der Waals surface area contributed by atoms with Gasteiger partial charge in [0, 0.05) is 11.5 Å². The Labute approximate surface area is 57.0 Å². The summed E-state index contributed by atoms with van der Waals surface area (Å²) < 4.78 is 0. The largest absolute Gasteiger partial charge is 0.330 e. The SMILES string of the molecule is [N-]=[N+]=NCCN.[N-]=[N+]=NN. The van der Waals surface area contributed by atoms with E-state index in [1.54, 1.807) is 0 Å². The fourth-order valence-corrected chi connectivity index (χ4v) is 0.102. The molecule has 0 saturated heterocycles. The molecule has 0 aliphatic carbocycles. The summed E-state index contributed by atoms with van der Waals surface area (Å²) >= 11 is 0. The van der Waals surface area contributed by atoms with Gasteiger partial charge in [-0.1, -0.05) is 5.11 Å². The second-order valence-electron chi connectivity index (χ2n) is 0.948. The Balaban J connectivity index is 0. The highest BCUT2D eigenvalue weighted by Crippen LogP contribution is 1.61. The number of rotatable bonds is 2. The van der Waals surface area contributed by atoms with Gasteiger partial charge >= 0.3 is 0 Å². The van der Waals surface area contributed by atoms with E-state index in [1.165, 1.54) is 0 Å². The first kappa shape index (κ1) is 11.2. The van der Waals surface area contributed by atoms with Crippen LogP contribution >= 0.6 is 0 Å². The minimum atomic E-state index is 0.399. The minimum Gasteiger partial charge on any atom is -0.330 e. The number of hydrogen-bond donors (Lipinski definition) is 2. The van der Waals surface area contributed by atoms with Gasteiger partial charge in [0.15, 0.2) is 0 Å². The highest BCUT2D eigenvalue weighted by atomic mass is 15.3. The second-order valence-corrected chi connectivity index (χ2v) is 0.948. The standard InChI is InChI=1S/C2H6N4.H2N4/c3-1-2-5-6-4;1-3-4-2/h1-3H2;1H2. The normalized spacial score (nSPS) is 5.70. The quantitative estimate of drug-likeness (QED) is 0.190. The van der Waals surface area contributed by atoms with Gasteiger partial charge in [0.05, 0.1) is 0 Å². The van der Waals surface area contributed by atoms with E-state index >= 15 is 0 Å². The van der Waals surface area contributed by atoms with Crippen molar-refractivity contribution in [2.24, 2.45) is 21.9 Å². The van der Waals surface area contributed by atoms with Crippen LogP contribution in [0.1, 0.15) is 0 Å². The third kappa shape index (κ3) is 32.6. The zero-order valence-corrected chi connectivity index (χ0v) is 5.25. The lowest BCUT2D eigenvalue weighted by Crippen LogP contribution is -2.00. The van der Waals surface area contributed by atoms with E-state index in [0.29, 0.717) is 13.1 Å². The molecule has 0 heterocycles. The molecule has 0 amide bonds. The van der Waals surface area contributed by atoms with Gasteiger partial charge in [-0.2, -0.15) is 4.91 Å². The molecule has 10 heavy (non-hydrogen) atoms. The van der Waals surface area contributed by atoms with Gasteiger partial charge in [0.1, 0.15) is 0 Å². The molecule has 0 unspecified atom stereocenters. The molecule has 8 heteroatoms. The van der Waals surface area contributed by atoms with Gasteiger partial charge in [0.25, 0.3) is 0 Å². The van der Waals surface area contributed by atoms with E-state index in [1.807, 2.05) is 0 Å². The van der Waals surface area contributed by atoms with Gasteiger partial charge in [-0.3, -0.25) is 5.84 Å². The highest BCUT2D eigenvalue weighted by Gasteiger charge is 1.65. The first-order chi connectivity index (χ1) is 4.83. The van der Waals surface area contributed by atoms with Crippen molar-refractivity contribution in [1.82, 2.24) is 0 Å². The number of nitrogens with zero attached hydrogens (tertiary/aromatic N) is 6. The molecule has 0 atom stereocenters. The summed E-state index contributed by atoms with van der Waals surface area (Å²) in [6.07, 6.45) is 0. The van der Waals surface area contributed by atoms with Gasteiger partial charge in [-0.15, -0.1) is 5.53 Å². The zero-order valence-electron chi connectivity index (χ0n) is 5.25.